The van der Waals surface area contributed by atoms with Crippen molar-refractivity contribution in [1.82, 2.24) is 0 Å². The number of benzene rings is 1. The molecule has 1 rings (SSSR count). The standard InChI is InChI=1S/C10H12BrClO3S/c1-16(14,15)5-4-10(13)7-2-3-9(12)8(11)6-7/h2-3,6,10,13H,4-5H2,1H3. The molecule has 0 aliphatic rings. The Morgan fingerprint density at radius 1 is 1.50 bits per heavy atom. The monoisotopic (exact) mass is 326 g/mol. The summed E-state index contributed by atoms with van der Waals surface area (Å²) in [6.07, 6.45) is 0.549. The highest BCUT2D eigenvalue weighted by Gasteiger charge is 2.12. The summed E-state index contributed by atoms with van der Waals surface area (Å²) in [5.41, 5.74) is 0.653. The first-order valence-corrected chi connectivity index (χ1v) is 7.83. The fraction of sp³-hybridized carbons (Fsp3) is 0.400. The van der Waals surface area contributed by atoms with Gasteiger partial charge in [0.05, 0.1) is 16.9 Å². The number of aliphatic hydroxyl groups is 1. The fourth-order valence-corrected chi connectivity index (χ4v) is 2.38. The Labute approximate surface area is 108 Å². The smallest absolute Gasteiger partial charge is 0.147 e. The molecule has 16 heavy (non-hydrogen) atoms. The van der Waals surface area contributed by atoms with Crippen molar-refractivity contribution in [2.45, 2.75) is 12.5 Å². The maximum Gasteiger partial charge on any atom is 0.147 e. The van der Waals surface area contributed by atoms with Crippen LogP contribution in [0, 0.1) is 0 Å². The van der Waals surface area contributed by atoms with Crippen LogP contribution in [-0.2, 0) is 9.84 Å². The topological polar surface area (TPSA) is 54.4 Å². The summed E-state index contributed by atoms with van der Waals surface area (Å²) < 4.78 is 22.6. The van der Waals surface area contributed by atoms with Gasteiger partial charge in [0.1, 0.15) is 9.84 Å². The second-order valence-corrected chi connectivity index (χ2v) is 7.13. The molecule has 0 radical (unpaired) electrons. The predicted octanol–water partition coefficient (Wildman–Crippen LogP) is 2.57. The van der Waals surface area contributed by atoms with Crippen LogP contribution in [0.4, 0.5) is 0 Å². The van der Waals surface area contributed by atoms with E-state index in [1.165, 1.54) is 0 Å². The quantitative estimate of drug-likeness (QED) is 0.924. The normalized spacial score (nSPS) is 13.8. The molecule has 1 unspecified atom stereocenters. The van der Waals surface area contributed by atoms with E-state index in [1.807, 2.05) is 0 Å². The molecule has 0 aliphatic heterocycles. The first kappa shape index (κ1) is 14.0. The summed E-state index contributed by atoms with van der Waals surface area (Å²) in [4.78, 5) is 0. The van der Waals surface area contributed by atoms with E-state index in [2.05, 4.69) is 15.9 Å². The van der Waals surface area contributed by atoms with Gasteiger partial charge in [-0.3, -0.25) is 0 Å². The Balaban J connectivity index is 2.73. The largest absolute Gasteiger partial charge is 0.388 e. The van der Waals surface area contributed by atoms with Gasteiger partial charge in [-0.25, -0.2) is 8.42 Å². The Kier molecular flexibility index (Phi) is 4.79. The van der Waals surface area contributed by atoms with Gasteiger partial charge in [0.25, 0.3) is 0 Å². The Morgan fingerprint density at radius 2 is 2.12 bits per heavy atom. The van der Waals surface area contributed by atoms with Gasteiger partial charge in [0.15, 0.2) is 0 Å². The van der Waals surface area contributed by atoms with E-state index in [1.54, 1.807) is 18.2 Å². The zero-order chi connectivity index (χ0) is 12.3. The SMILES string of the molecule is CS(=O)(=O)CCC(O)c1ccc(Cl)c(Br)c1. The van der Waals surface area contributed by atoms with Gasteiger partial charge in [-0.05, 0) is 40.0 Å². The second-order valence-electron chi connectivity index (χ2n) is 3.61. The van der Waals surface area contributed by atoms with E-state index in [9.17, 15) is 13.5 Å². The third-order valence-corrected chi connectivity index (χ3v) is 4.28. The molecule has 3 nitrogen and oxygen atoms in total. The van der Waals surface area contributed by atoms with Gasteiger partial charge in [-0.2, -0.15) is 0 Å². The van der Waals surface area contributed by atoms with Crippen molar-refractivity contribution in [3.05, 3.63) is 33.3 Å². The molecule has 0 heterocycles. The molecule has 90 valence electrons. The highest BCUT2D eigenvalue weighted by Crippen LogP contribution is 2.27. The molecule has 0 aliphatic carbocycles. The summed E-state index contributed by atoms with van der Waals surface area (Å²) in [6.45, 7) is 0. The average molecular weight is 328 g/mol. The lowest BCUT2D eigenvalue weighted by Gasteiger charge is -2.11. The molecule has 0 aromatic heterocycles. The fourth-order valence-electron chi connectivity index (χ4n) is 1.21. The number of sulfone groups is 1. The third kappa shape index (κ3) is 4.41. The van der Waals surface area contributed by atoms with E-state index in [4.69, 9.17) is 11.6 Å². The van der Waals surface area contributed by atoms with Gasteiger partial charge in [-0.1, -0.05) is 17.7 Å². The average Bonchev–Trinajstić information content (AvgIpc) is 2.17. The van der Waals surface area contributed by atoms with Crippen molar-refractivity contribution in [3.63, 3.8) is 0 Å². The van der Waals surface area contributed by atoms with Crippen LogP contribution in [0.25, 0.3) is 0 Å². The number of aliphatic hydroxyl groups excluding tert-OH is 1. The minimum absolute atomic E-state index is 0.0333. The molecular weight excluding hydrogens is 316 g/mol. The van der Waals surface area contributed by atoms with Crippen LogP contribution in [0.1, 0.15) is 18.1 Å². The number of rotatable bonds is 4. The van der Waals surface area contributed by atoms with E-state index in [0.717, 1.165) is 6.26 Å². The van der Waals surface area contributed by atoms with Crippen LogP contribution in [0.2, 0.25) is 5.02 Å². The highest BCUT2D eigenvalue weighted by molar-refractivity contribution is 9.10. The summed E-state index contributed by atoms with van der Waals surface area (Å²) >= 11 is 9.05. The molecule has 0 bridgehead atoms. The molecule has 0 spiro atoms. The lowest BCUT2D eigenvalue weighted by Crippen LogP contribution is -2.08. The van der Waals surface area contributed by atoms with Crippen molar-refractivity contribution in [2.24, 2.45) is 0 Å². The molecule has 0 fully saturated rings. The van der Waals surface area contributed by atoms with Gasteiger partial charge < -0.3 is 5.11 Å². The molecule has 1 atom stereocenters. The first-order valence-electron chi connectivity index (χ1n) is 4.60. The van der Waals surface area contributed by atoms with Crippen LogP contribution >= 0.6 is 27.5 Å². The zero-order valence-corrected chi connectivity index (χ0v) is 11.8. The molecule has 6 heteroatoms. The lowest BCUT2D eigenvalue weighted by molar-refractivity contribution is 0.174. The first-order chi connectivity index (χ1) is 7.29. The van der Waals surface area contributed by atoms with E-state index in [-0.39, 0.29) is 12.2 Å². The number of halogens is 2. The van der Waals surface area contributed by atoms with Gasteiger partial charge >= 0.3 is 0 Å². The molecule has 0 saturated carbocycles. The number of hydrogen-bond donors (Lipinski definition) is 1. The Morgan fingerprint density at radius 3 is 2.62 bits per heavy atom. The van der Waals surface area contributed by atoms with Gasteiger partial charge in [-0.15, -0.1) is 0 Å². The van der Waals surface area contributed by atoms with Crippen LogP contribution in [0.5, 0.6) is 0 Å². The van der Waals surface area contributed by atoms with Crippen molar-refractivity contribution < 1.29 is 13.5 Å². The lowest BCUT2D eigenvalue weighted by atomic mass is 10.1. The van der Waals surface area contributed by atoms with Crippen molar-refractivity contribution in [2.75, 3.05) is 12.0 Å². The van der Waals surface area contributed by atoms with E-state index >= 15 is 0 Å². The van der Waals surface area contributed by atoms with Crippen LogP contribution in [0.3, 0.4) is 0 Å². The van der Waals surface area contributed by atoms with Crippen LogP contribution < -0.4 is 0 Å². The Hall–Kier alpha value is -0.100. The summed E-state index contributed by atoms with van der Waals surface area (Å²) in [7, 11) is -3.04. The van der Waals surface area contributed by atoms with Crippen molar-refractivity contribution in [1.29, 1.82) is 0 Å². The highest BCUT2D eigenvalue weighted by atomic mass is 79.9. The molecule has 1 N–H and O–H groups in total. The molecule has 1 aromatic rings. The van der Waals surface area contributed by atoms with Gasteiger partial charge in [0, 0.05) is 10.7 Å². The maximum atomic E-state index is 10.9. The van der Waals surface area contributed by atoms with Crippen LogP contribution in [0.15, 0.2) is 22.7 Å². The van der Waals surface area contributed by atoms with Crippen LogP contribution in [-0.4, -0.2) is 25.5 Å². The third-order valence-electron chi connectivity index (χ3n) is 2.09. The summed E-state index contributed by atoms with van der Waals surface area (Å²) in [5, 5.41) is 10.3. The molecule has 1 aromatic carbocycles. The Bertz CT molecular complexity index is 473. The second kappa shape index (κ2) is 5.49. The predicted molar refractivity (Wildman–Crippen MR) is 68.4 cm³/mol. The summed E-state index contributed by atoms with van der Waals surface area (Å²) in [6, 6.07) is 5.03. The van der Waals surface area contributed by atoms with Gasteiger partial charge in [0.2, 0.25) is 0 Å². The molecule has 0 amide bonds. The molecular formula is C10H12BrClO3S. The van der Waals surface area contributed by atoms with E-state index < -0.39 is 15.9 Å². The minimum Gasteiger partial charge on any atom is -0.388 e. The molecule has 0 saturated heterocycles. The van der Waals surface area contributed by atoms with Crippen molar-refractivity contribution >= 4 is 37.4 Å². The maximum absolute atomic E-state index is 10.9. The van der Waals surface area contributed by atoms with E-state index in [0.29, 0.717) is 15.1 Å². The van der Waals surface area contributed by atoms with Crippen molar-refractivity contribution in [3.8, 4) is 0 Å². The zero-order valence-electron chi connectivity index (χ0n) is 8.65. The summed E-state index contributed by atoms with van der Waals surface area (Å²) in [5.74, 6) is -0.0333. The number of hydrogen-bond acceptors (Lipinski definition) is 3. The minimum atomic E-state index is -3.04.